The molecule has 1 fully saturated rings. The molecular weight excluding hydrogens is 458 g/mol. The van der Waals surface area contributed by atoms with Gasteiger partial charge in [0.05, 0.1) is 32.1 Å². The molecule has 1 saturated heterocycles. The van der Waals surface area contributed by atoms with Crippen LogP contribution in [0.4, 0.5) is 0 Å². The Morgan fingerprint density at radius 3 is 2.94 bits per heavy atom. The topological polar surface area (TPSA) is 55.3 Å². The Morgan fingerprint density at radius 2 is 2.16 bits per heavy atom. The maximum absolute atomic E-state index is 5.94. The van der Waals surface area contributed by atoms with Crippen molar-refractivity contribution in [1.29, 1.82) is 0 Å². The van der Waals surface area contributed by atoms with E-state index in [2.05, 4.69) is 44.1 Å². The van der Waals surface area contributed by atoms with E-state index >= 15 is 0 Å². The number of nitrogens with one attached hydrogen (secondary N) is 1. The highest BCUT2D eigenvalue weighted by molar-refractivity contribution is 9.11. The van der Waals surface area contributed by atoms with Crippen LogP contribution in [-0.4, -0.2) is 57.1 Å². The summed E-state index contributed by atoms with van der Waals surface area (Å²) in [5.41, 5.74) is 2.80. The van der Waals surface area contributed by atoms with E-state index < -0.39 is 0 Å². The summed E-state index contributed by atoms with van der Waals surface area (Å²) >= 11 is 3.56. The summed E-state index contributed by atoms with van der Waals surface area (Å²) in [5.74, 6) is 1.57. The monoisotopic (exact) mass is 489 g/mol. The third kappa shape index (κ3) is 7.83. The first kappa shape index (κ1) is 23.6. The molecule has 0 amide bonds. The lowest BCUT2D eigenvalue weighted by atomic mass is 10.2. The molecule has 0 bridgehead atoms. The minimum absolute atomic E-state index is 0.579. The molecule has 6 nitrogen and oxygen atoms in total. The molecule has 2 aliphatic rings. The number of halogens is 1. The molecular formula is C24H32BrN3O3. The molecule has 0 atom stereocenters. The lowest BCUT2D eigenvalue weighted by Gasteiger charge is -2.26. The van der Waals surface area contributed by atoms with Gasteiger partial charge >= 0.3 is 0 Å². The second kappa shape index (κ2) is 12.7. The standard InChI is InChI=1S/C24H32BrN3O3/c1-3-20(25)14-21(4-2)27-17-22-18-31-24-15-23(7-6-19(24)16-26-22)30-11-5-8-28-9-12-29-13-10-28/h4,6-7,14-16,18,27H,3,5,8-13,17H2,1-2H3/b20-14+,21-4+. The van der Waals surface area contributed by atoms with Crippen LogP contribution in [0.5, 0.6) is 11.5 Å². The fraction of sp³-hybridized carbons (Fsp3) is 0.458. The smallest absolute Gasteiger partial charge is 0.139 e. The molecule has 1 aromatic carbocycles. The van der Waals surface area contributed by atoms with Crippen LogP contribution in [0.3, 0.4) is 0 Å². The second-order valence-electron chi connectivity index (χ2n) is 7.38. The zero-order valence-electron chi connectivity index (χ0n) is 18.4. The first-order valence-corrected chi connectivity index (χ1v) is 11.7. The van der Waals surface area contributed by atoms with Gasteiger partial charge in [-0.2, -0.15) is 0 Å². The van der Waals surface area contributed by atoms with E-state index in [0.29, 0.717) is 13.2 Å². The van der Waals surface area contributed by atoms with Crippen molar-refractivity contribution in [3.05, 3.63) is 58.1 Å². The Hall–Kier alpha value is -2.09. The first-order valence-electron chi connectivity index (χ1n) is 10.9. The van der Waals surface area contributed by atoms with E-state index in [0.717, 1.165) is 78.6 Å². The highest BCUT2D eigenvalue weighted by Gasteiger charge is 2.11. The summed E-state index contributed by atoms with van der Waals surface area (Å²) in [4.78, 5) is 6.98. The number of nitrogens with zero attached hydrogens (tertiary/aromatic N) is 2. The van der Waals surface area contributed by atoms with E-state index in [1.54, 1.807) is 6.26 Å². The van der Waals surface area contributed by atoms with Crippen LogP contribution < -0.4 is 14.8 Å². The average Bonchev–Trinajstić information content (AvgIpc) is 3.02. The van der Waals surface area contributed by atoms with E-state index in [1.807, 2.05) is 37.4 Å². The van der Waals surface area contributed by atoms with Gasteiger partial charge in [0.25, 0.3) is 0 Å². The fourth-order valence-corrected chi connectivity index (χ4v) is 3.46. The molecule has 0 spiro atoms. The van der Waals surface area contributed by atoms with Gasteiger partial charge < -0.3 is 19.5 Å². The summed E-state index contributed by atoms with van der Waals surface area (Å²) in [6, 6.07) is 5.89. The summed E-state index contributed by atoms with van der Waals surface area (Å²) in [5, 5.41) is 3.39. The number of benzene rings is 1. The molecule has 0 aliphatic carbocycles. The Morgan fingerprint density at radius 1 is 1.32 bits per heavy atom. The largest absolute Gasteiger partial charge is 0.493 e. The third-order valence-electron chi connectivity index (χ3n) is 5.10. The minimum Gasteiger partial charge on any atom is -0.493 e. The van der Waals surface area contributed by atoms with E-state index in [9.17, 15) is 0 Å². The lowest BCUT2D eigenvalue weighted by Crippen LogP contribution is -2.37. The Balaban J connectivity index is 1.49. The Kier molecular flexibility index (Phi) is 9.65. The Bertz CT molecular complexity index is 842. The number of rotatable bonds is 10. The van der Waals surface area contributed by atoms with E-state index in [1.165, 1.54) is 0 Å². The predicted octanol–water partition coefficient (Wildman–Crippen LogP) is 4.62. The van der Waals surface area contributed by atoms with Crippen LogP contribution in [0.2, 0.25) is 0 Å². The fourth-order valence-electron chi connectivity index (χ4n) is 3.22. The highest BCUT2D eigenvalue weighted by Crippen LogP contribution is 2.26. The van der Waals surface area contributed by atoms with E-state index in [4.69, 9.17) is 14.2 Å². The van der Waals surface area contributed by atoms with Gasteiger partial charge in [-0.25, -0.2) is 0 Å². The maximum atomic E-state index is 5.94. The SMILES string of the molecule is C/C=C(\C=C(\Br)CC)NCC1=COc2cc(OCCCN3CCOCC3)ccc2C=N1. The molecule has 0 radical (unpaired) electrons. The van der Waals surface area contributed by atoms with Crippen LogP contribution in [0.15, 0.2) is 57.5 Å². The summed E-state index contributed by atoms with van der Waals surface area (Å²) in [6.07, 6.45) is 9.60. The van der Waals surface area contributed by atoms with Crippen LogP contribution in [0.25, 0.3) is 0 Å². The van der Waals surface area contributed by atoms with Gasteiger partial charge in [0.1, 0.15) is 17.8 Å². The zero-order chi connectivity index (χ0) is 21.9. The highest BCUT2D eigenvalue weighted by atomic mass is 79.9. The molecule has 31 heavy (non-hydrogen) atoms. The molecule has 2 heterocycles. The van der Waals surface area contributed by atoms with Crippen molar-refractivity contribution in [2.45, 2.75) is 26.7 Å². The van der Waals surface area contributed by atoms with Gasteiger partial charge in [0, 0.05) is 43.2 Å². The van der Waals surface area contributed by atoms with Crippen molar-refractivity contribution in [1.82, 2.24) is 10.2 Å². The maximum Gasteiger partial charge on any atom is 0.139 e. The van der Waals surface area contributed by atoms with Gasteiger partial charge in [0.15, 0.2) is 0 Å². The number of ether oxygens (including phenoxy) is 3. The van der Waals surface area contributed by atoms with E-state index in [-0.39, 0.29) is 0 Å². The van der Waals surface area contributed by atoms with Gasteiger partial charge in [-0.1, -0.05) is 28.9 Å². The Labute approximate surface area is 193 Å². The second-order valence-corrected chi connectivity index (χ2v) is 8.40. The van der Waals surface area contributed by atoms with Crippen molar-refractivity contribution in [3.8, 4) is 11.5 Å². The van der Waals surface area contributed by atoms with Crippen LogP contribution in [0.1, 0.15) is 32.3 Å². The third-order valence-corrected chi connectivity index (χ3v) is 5.89. The molecule has 7 heteroatoms. The number of morpholine rings is 1. The van der Waals surface area contributed by atoms with Gasteiger partial charge in [-0.15, -0.1) is 0 Å². The number of allylic oxidation sites excluding steroid dienone is 3. The van der Waals surface area contributed by atoms with Crippen molar-refractivity contribution in [2.24, 2.45) is 4.99 Å². The quantitative estimate of drug-likeness (QED) is 0.383. The molecule has 0 aromatic heterocycles. The van der Waals surface area contributed by atoms with Crippen molar-refractivity contribution in [3.63, 3.8) is 0 Å². The molecule has 1 aromatic rings. The van der Waals surface area contributed by atoms with Gasteiger partial charge in [-0.05, 0) is 42.5 Å². The van der Waals surface area contributed by atoms with Gasteiger partial charge in [-0.3, -0.25) is 9.89 Å². The first-order chi connectivity index (χ1) is 15.2. The molecule has 3 rings (SSSR count). The summed E-state index contributed by atoms with van der Waals surface area (Å²) < 4.78 is 18.4. The van der Waals surface area contributed by atoms with Crippen molar-refractivity contribution < 1.29 is 14.2 Å². The number of hydrogen-bond donors (Lipinski definition) is 1. The molecule has 0 unspecified atom stereocenters. The summed E-state index contributed by atoms with van der Waals surface area (Å²) in [7, 11) is 0. The number of aliphatic imine (C=N–C) groups is 1. The molecule has 1 N–H and O–H groups in total. The molecule has 2 aliphatic heterocycles. The molecule has 0 saturated carbocycles. The van der Waals surface area contributed by atoms with Crippen LogP contribution in [0, 0.1) is 0 Å². The number of fused-ring (bicyclic) bond motifs is 1. The minimum atomic E-state index is 0.579. The lowest BCUT2D eigenvalue weighted by molar-refractivity contribution is 0.0358. The predicted molar refractivity (Wildman–Crippen MR) is 129 cm³/mol. The van der Waals surface area contributed by atoms with Crippen molar-refractivity contribution in [2.75, 3.05) is 46.0 Å². The normalized spacial score (nSPS) is 17.5. The average molecular weight is 490 g/mol. The van der Waals surface area contributed by atoms with Crippen LogP contribution in [-0.2, 0) is 4.74 Å². The number of hydrogen-bond acceptors (Lipinski definition) is 6. The molecule has 168 valence electrons. The zero-order valence-corrected chi connectivity index (χ0v) is 20.0. The summed E-state index contributed by atoms with van der Waals surface area (Å²) in [6.45, 7) is 10.1. The van der Waals surface area contributed by atoms with Crippen molar-refractivity contribution >= 4 is 22.1 Å². The van der Waals surface area contributed by atoms with Gasteiger partial charge in [0.2, 0.25) is 0 Å². The van der Waals surface area contributed by atoms with Crippen LogP contribution >= 0.6 is 15.9 Å².